The number of aliphatic hydroxyl groups excluding tert-OH is 1. The SMILES string of the molecule is O=C(N[C@H]1CC[C@H](CCn2cc(C3CCCC3)nn2)O[C@H]1CO)c1cccnc1. The van der Waals surface area contributed by atoms with E-state index in [-0.39, 0.29) is 24.7 Å². The van der Waals surface area contributed by atoms with Gasteiger partial charge in [0.1, 0.15) is 6.10 Å². The summed E-state index contributed by atoms with van der Waals surface area (Å²) < 4.78 is 7.98. The van der Waals surface area contributed by atoms with Crippen molar-refractivity contribution in [1.82, 2.24) is 25.3 Å². The molecule has 1 saturated carbocycles. The second-order valence-electron chi connectivity index (χ2n) is 8.05. The van der Waals surface area contributed by atoms with Crippen LogP contribution in [0.2, 0.25) is 0 Å². The number of nitrogens with zero attached hydrogens (tertiary/aromatic N) is 4. The smallest absolute Gasteiger partial charge is 0.253 e. The topological polar surface area (TPSA) is 102 Å². The average Bonchev–Trinajstić information content (AvgIpc) is 3.45. The van der Waals surface area contributed by atoms with Crippen molar-refractivity contribution in [2.45, 2.75) is 75.7 Å². The van der Waals surface area contributed by atoms with E-state index in [1.807, 2.05) is 4.68 Å². The number of amides is 1. The van der Waals surface area contributed by atoms with E-state index in [4.69, 9.17) is 4.74 Å². The van der Waals surface area contributed by atoms with Crippen molar-refractivity contribution in [3.05, 3.63) is 42.0 Å². The Balaban J connectivity index is 1.26. The molecule has 2 aliphatic rings. The van der Waals surface area contributed by atoms with E-state index in [1.165, 1.54) is 31.9 Å². The summed E-state index contributed by atoms with van der Waals surface area (Å²) in [5.41, 5.74) is 1.62. The number of rotatable bonds is 7. The van der Waals surface area contributed by atoms with E-state index in [1.54, 1.807) is 18.3 Å². The number of aryl methyl sites for hydroxylation is 1. The number of carbonyl (C=O) groups is 1. The first-order valence-corrected chi connectivity index (χ1v) is 10.6. The van der Waals surface area contributed by atoms with Crippen molar-refractivity contribution in [2.24, 2.45) is 0 Å². The molecule has 2 fully saturated rings. The molecular formula is C21H29N5O3. The fraction of sp³-hybridized carbons (Fsp3) is 0.619. The maximum Gasteiger partial charge on any atom is 0.253 e. The first kappa shape index (κ1) is 20.0. The van der Waals surface area contributed by atoms with E-state index in [0.29, 0.717) is 11.5 Å². The van der Waals surface area contributed by atoms with Gasteiger partial charge in [0.25, 0.3) is 5.91 Å². The lowest BCUT2D eigenvalue weighted by atomic mass is 9.97. The normalized spacial score (nSPS) is 25.2. The molecule has 156 valence electrons. The summed E-state index contributed by atoms with van der Waals surface area (Å²) in [6.45, 7) is 0.624. The van der Waals surface area contributed by atoms with Crippen LogP contribution in [0.4, 0.5) is 0 Å². The third kappa shape index (κ3) is 5.00. The third-order valence-corrected chi connectivity index (χ3v) is 6.05. The summed E-state index contributed by atoms with van der Waals surface area (Å²) in [6, 6.07) is 3.25. The van der Waals surface area contributed by atoms with Crippen LogP contribution in [0.5, 0.6) is 0 Å². The highest BCUT2D eigenvalue weighted by atomic mass is 16.5. The molecule has 8 nitrogen and oxygen atoms in total. The monoisotopic (exact) mass is 399 g/mol. The molecular weight excluding hydrogens is 370 g/mol. The molecule has 0 aromatic carbocycles. The standard InChI is InChI=1S/C21H29N5O3/c27-14-20-18(23-21(28)16-6-3-10-22-12-16)8-7-17(29-20)9-11-26-13-19(24-25-26)15-4-1-2-5-15/h3,6,10,12-13,15,17-18,20,27H,1-2,4-5,7-9,11,14H2,(H,23,28)/t17-,18+,20+/m1/s1. The van der Waals surface area contributed by atoms with Gasteiger partial charge in [-0.2, -0.15) is 0 Å². The van der Waals surface area contributed by atoms with Gasteiger partial charge in [-0.15, -0.1) is 5.10 Å². The van der Waals surface area contributed by atoms with E-state index in [2.05, 4.69) is 26.8 Å². The molecule has 29 heavy (non-hydrogen) atoms. The molecule has 0 unspecified atom stereocenters. The van der Waals surface area contributed by atoms with Gasteiger partial charge in [-0.05, 0) is 44.2 Å². The van der Waals surface area contributed by atoms with Crippen molar-refractivity contribution in [1.29, 1.82) is 0 Å². The fourth-order valence-corrected chi connectivity index (χ4v) is 4.37. The van der Waals surface area contributed by atoms with Gasteiger partial charge in [-0.1, -0.05) is 18.1 Å². The van der Waals surface area contributed by atoms with Crippen LogP contribution < -0.4 is 5.32 Å². The summed E-state index contributed by atoms with van der Waals surface area (Å²) in [6.07, 6.45) is 12.3. The number of hydrogen-bond donors (Lipinski definition) is 2. The predicted molar refractivity (Wildman–Crippen MR) is 106 cm³/mol. The van der Waals surface area contributed by atoms with Crippen molar-refractivity contribution in [3.8, 4) is 0 Å². The number of carbonyl (C=O) groups excluding carboxylic acids is 1. The largest absolute Gasteiger partial charge is 0.394 e. The summed E-state index contributed by atoms with van der Waals surface area (Å²) in [5, 5.41) is 21.3. The molecule has 0 bridgehead atoms. The minimum Gasteiger partial charge on any atom is -0.394 e. The van der Waals surface area contributed by atoms with Crippen LogP contribution in [0.3, 0.4) is 0 Å². The van der Waals surface area contributed by atoms with Crippen molar-refractivity contribution < 1.29 is 14.6 Å². The Morgan fingerprint density at radius 2 is 2.14 bits per heavy atom. The number of ether oxygens (including phenoxy) is 1. The number of aliphatic hydroxyl groups is 1. The van der Waals surface area contributed by atoms with Gasteiger partial charge in [0.05, 0.1) is 30.0 Å². The van der Waals surface area contributed by atoms with Crippen molar-refractivity contribution >= 4 is 5.91 Å². The van der Waals surface area contributed by atoms with Crippen LogP contribution in [0.15, 0.2) is 30.7 Å². The zero-order valence-electron chi connectivity index (χ0n) is 16.6. The molecule has 3 atom stereocenters. The molecule has 3 heterocycles. The molecule has 2 aromatic heterocycles. The van der Waals surface area contributed by atoms with Gasteiger partial charge >= 0.3 is 0 Å². The number of aromatic nitrogens is 4. The van der Waals surface area contributed by atoms with E-state index >= 15 is 0 Å². The predicted octanol–water partition coefficient (Wildman–Crippen LogP) is 2.06. The summed E-state index contributed by atoms with van der Waals surface area (Å²) >= 11 is 0. The first-order valence-electron chi connectivity index (χ1n) is 10.6. The Labute approximate surface area is 170 Å². The summed E-state index contributed by atoms with van der Waals surface area (Å²) in [7, 11) is 0. The van der Waals surface area contributed by atoms with Crippen molar-refractivity contribution in [3.63, 3.8) is 0 Å². The minimum absolute atomic E-state index is 0.0397. The number of hydrogen-bond acceptors (Lipinski definition) is 6. The maximum absolute atomic E-state index is 12.4. The highest BCUT2D eigenvalue weighted by Gasteiger charge is 2.32. The lowest BCUT2D eigenvalue weighted by Gasteiger charge is -2.36. The third-order valence-electron chi connectivity index (χ3n) is 6.05. The second-order valence-corrected chi connectivity index (χ2v) is 8.05. The lowest BCUT2D eigenvalue weighted by Crippen LogP contribution is -2.51. The van der Waals surface area contributed by atoms with Crippen LogP contribution in [0.1, 0.15) is 66.9 Å². The molecule has 0 spiro atoms. The van der Waals surface area contributed by atoms with Gasteiger partial charge < -0.3 is 15.2 Å². The minimum atomic E-state index is -0.404. The number of pyridine rings is 1. The van der Waals surface area contributed by atoms with Crippen LogP contribution in [-0.4, -0.2) is 55.8 Å². The van der Waals surface area contributed by atoms with Crippen LogP contribution in [-0.2, 0) is 11.3 Å². The van der Waals surface area contributed by atoms with Gasteiger partial charge in [-0.25, -0.2) is 0 Å². The Bertz CT molecular complexity index is 791. The zero-order valence-corrected chi connectivity index (χ0v) is 16.6. The molecule has 2 N–H and O–H groups in total. The molecule has 4 rings (SSSR count). The van der Waals surface area contributed by atoms with Gasteiger partial charge in [0.15, 0.2) is 0 Å². The Morgan fingerprint density at radius 1 is 1.28 bits per heavy atom. The van der Waals surface area contributed by atoms with E-state index < -0.39 is 6.10 Å². The van der Waals surface area contributed by atoms with Gasteiger partial charge in [-0.3, -0.25) is 14.5 Å². The Morgan fingerprint density at radius 3 is 2.90 bits per heavy atom. The quantitative estimate of drug-likeness (QED) is 0.739. The molecule has 1 aliphatic heterocycles. The molecule has 1 aliphatic carbocycles. The zero-order chi connectivity index (χ0) is 20.1. The summed E-state index contributed by atoms with van der Waals surface area (Å²) in [5.74, 6) is 0.378. The van der Waals surface area contributed by atoms with E-state index in [0.717, 1.165) is 31.5 Å². The van der Waals surface area contributed by atoms with E-state index in [9.17, 15) is 9.90 Å². The molecule has 8 heteroatoms. The number of nitrogens with one attached hydrogen (secondary N) is 1. The Hall–Kier alpha value is -2.32. The van der Waals surface area contributed by atoms with Crippen LogP contribution in [0.25, 0.3) is 0 Å². The van der Waals surface area contributed by atoms with Gasteiger partial charge in [0.2, 0.25) is 0 Å². The lowest BCUT2D eigenvalue weighted by molar-refractivity contribution is -0.0912. The molecule has 1 amide bonds. The first-order chi connectivity index (χ1) is 14.2. The highest BCUT2D eigenvalue weighted by Crippen LogP contribution is 2.32. The average molecular weight is 399 g/mol. The molecule has 0 radical (unpaired) electrons. The van der Waals surface area contributed by atoms with Gasteiger partial charge in [0, 0.05) is 31.1 Å². The Kier molecular flexibility index (Phi) is 6.51. The summed E-state index contributed by atoms with van der Waals surface area (Å²) in [4.78, 5) is 16.3. The molecule has 1 saturated heterocycles. The van der Waals surface area contributed by atoms with Crippen LogP contribution >= 0.6 is 0 Å². The molecule has 2 aromatic rings. The second kappa shape index (κ2) is 9.45. The highest BCUT2D eigenvalue weighted by molar-refractivity contribution is 5.94. The van der Waals surface area contributed by atoms with Crippen molar-refractivity contribution in [2.75, 3.05) is 6.61 Å². The fourth-order valence-electron chi connectivity index (χ4n) is 4.37. The van der Waals surface area contributed by atoms with Crippen LogP contribution in [0, 0.1) is 0 Å². The maximum atomic E-state index is 12.4.